The summed E-state index contributed by atoms with van der Waals surface area (Å²) in [7, 11) is 0. The molecule has 0 spiro atoms. The van der Waals surface area contributed by atoms with Crippen molar-refractivity contribution in [2.45, 2.75) is 19.3 Å². The van der Waals surface area contributed by atoms with Crippen LogP contribution in [0.15, 0.2) is 156 Å². The van der Waals surface area contributed by atoms with Crippen LogP contribution in [-0.2, 0) is 0 Å². The van der Waals surface area contributed by atoms with Gasteiger partial charge in [0.15, 0.2) is 0 Å². The Kier molecular flexibility index (Phi) is 5.70. The van der Waals surface area contributed by atoms with Crippen molar-refractivity contribution in [3.63, 3.8) is 0 Å². The fourth-order valence-electron chi connectivity index (χ4n) is 7.02. The lowest BCUT2D eigenvalue weighted by Crippen LogP contribution is -2.02. The van der Waals surface area contributed by atoms with Crippen molar-refractivity contribution in [3.8, 4) is 28.2 Å². The normalized spacial score (nSPS) is 15.3. The zero-order valence-corrected chi connectivity index (χ0v) is 24.2. The number of allylic oxidation sites excluding steroid dienone is 5. The number of aromatic nitrogens is 2. The quantitative estimate of drug-likeness (QED) is 0.211. The molecule has 9 rings (SSSR count). The molecule has 0 amide bonds. The van der Waals surface area contributed by atoms with Crippen molar-refractivity contribution in [2.75, 3.05) is 0 Å². The molecular formula is C41H29N3. The van der Waals surface area contributed by atoms with Gasteiger partial charge >= 0.3 is 0 Å². The molecule has 44 heavy (non-hydrogen) atoms. The minimum atomic E-state index is 0.936. The first-order chi connectivity index (χ1) is 21.8. The average Bonchev–Trinajstić information content (AvgIpc) is 3.30. The van der Waals surface area contributed by atoms with Gasteiger partial charge in [0.1, 0.15) is 5.82 Å². The standard InChI is InChI=1S/C41H29N3/c1-2-10-32(11-3-1)44-40-17-9-8-16-37(40)43-41(44)28-20-18-27(19-21-28)29-22-23-30-24-31-26-39(42-38(30)25-29)36-15-7-6-14-35(36)34-13-5-4-12-33(31)34/h1-21,25-26H,22-24H2. The van der Waals surface area contributed by atoms with E-state index in [1.807, 2.05) is 0 Å². The summed E-state index contributed by atoms with van der Waals surface area (Å²) in [6, 6.07) is 45.3. The summed E-state index contributed by atoms with van der Waals surface area (Å²) in [6.07, 6.45) is 7.62. The number of hydrogen-bond donors (Lipinski definition) is 0. The minimum absolute atomic E-state index is 0.936. The Bertz CT molecular complexity index is 2220. The molecule has 0 saturated carbocycles. The molecule has 0 N–H and O–H groups in total. The topological polar surface area (TPSA) is 30.2 Å². The van der Waals surface area contributed by atoms with E-state index in [4.69, 9.17) is 9.98 Å². The number of rotatable bonds is 3. The van der Waals surface area contributed by atoms with Gasteiger partial charge in [-0.1, -0.05) is 103 Å². The first kappa shape index (κ1) is 25.0. The van der Waals surface area contributed by atoms with Crippen molar-refractivity contribution in [1.82, 2.24) is 9.55 Å². The van der Waals surface area contributed by atoms with E-state index < -0.39 is 0 Å². The molecule has 6 aromatic rings. The van der Waals surface area contributed by atoms with Gasteiger partial charge in [-0.25, -0.2) is 9.98 Å². The van der Waals surface area contributed by atoms with E-state index in [0.717, 1.165) is 58.8 Å². The first-order valence-electron chi connectivity index (χ1n) is 15.3. The average molecular weight is 564 g/mol. The highest BCUT2D eigenvalue weighted by Gasteiger charge is 2.25. The van der Waals surface area contributed by atoms with Crippen molar-refractivity contribution in [1.29, 1.82) is 0 Å². The number of fused-ring (bicyclic) bond motifs is 7. The van der Waals surface area contributed by atoms with Crippen LogP contribution in [0.2, 0.25) is 0 Å². The third-order valence-electron chi connectivity index (χ3n) is 9.18. The van der Waals surface area contributed by atoms with Gasteiger partial charge in [0.2, 0.25) is 0 Å². The molecule has 208 valence electrons. The largest absolute Gasteiger partial charge is 0.292 e. The van der Waals surface area contributed by atoms with Crippen molar-refractivity contribution < 1.29 is 0 Å². The Morgan fingerprint density at radius 3 is 2.00 bits per heavy atom. The second-order valence-electron chi connectivity index (χ2n) is 11.8. The molecule has 0 fully saturated rings. The van der Waals surface area contributed by atoms with Gasteiger partial charge in [0.25, 0.3) is 0 Å². The molecule has 2 aliphatic carbocycles. The van der Waals surface area contributed by atoms with Gasteiger partial charge in [0.05, 0.1) is 22.4 Å². The molecule has 3 heteroatoms. The lowest BCUT2D eigenvalue weighted by Gasteiger charge is -2.20. The Balaban J connectivity index is 1.10. The van der Waals surface area contributed by atoms with E-state index in [1.165, 1.54) is 44.5 Å². The second-order valence-corrected chi connectivity index (χ2v) is 11.8. The van der Waals surface area contributed by atoms with E-state index in [9.17, 15) is 0 Å². The molecule has 3 nitrogen and oxygen atoms in total. The summed E-state index contributed by atoms with van der Waals surface area (Å²) in [5.74, 6) is 0.955. The third kappa shape index (κ3) is 4.05. The van der Waals surface area contributed by atoms with Gasteiger partial charge in [0, 0.05) is 16.8 Å². The summed E-state index contributed by atoms with van der Waals surface area (Å²) in [4.78, 5) is 10.4. The lowest BCUT2D eigenvalue weighted by atomic mass is 9.86. The molecule has 2 bridgehead atoms. The third-order valence-corrected chi connectivity index (χ3v) is 9.18. The van der Waals surface area contributed by atoms with Gasteiger partial charge in [-0.05, 0) is 94.7 Å². The van der Waals surface area contributed by atoms with Gasteiger partial charge in [-0.15, -0.1) is 0 Å². The number of nitrogens with zero attached hydrogens (tertiary/aromatic N) is 3. The fraction of sp³-hybridized carbons (Fsp3) is 0.0732. The van der Waals surface area contributed by atoms with E-state index in [2.05, 4.69) is 144 Å². The first-order valence-corrected chi connectivity index (χ1v) is 15.3. The maximum Gasteiger partial charge on any atom is 0.145 e. The number of hydrogen-bond acceptors (Lipinski definition) is 2. The summed E-state index contributed by atoms with van der Waals surface area (Å²) in [5.41, 5.74) is 17.0. The van der Waals surface area contributed by atoms with Crippen LogP contribution in [0, 0.1) is 0 Å². The van der Waals surface area contributed by atoms with E-state index in [-0.39, 0.29) is 0 Å². The van der Waals surface area contributed by atoms with Crippen LogP contribution in [0.4, 0.5) is 0 Å². The summed E-state index contributed by atoms with van der Waals surface area (Å²) >= 11 is 0. The van der Waals surface area contributed by atoms with E-state index in [0.29, 0.717) is 0 Å². The predicted molar refractivity (Wildman–Crippen MR) is 182 cm³/mol. The van der Waals surface area contributed by atoms with Gasteiger partial charge in [-0.2, -0.15) is 0 Å². The van der Waals surface area contributed by atoms with Crippen molar-refractivity contribution >= 4 is 27.9 Å². The lowest BCUT2D eigenvalue weighted by molar-refractivity contribution is 0.919. The highest BCUT2D eigenvalue weighted by Crippen LogP contribution is 2.43. The Labute approximate surface area is 256 Å². The molecule has 0 radical (unpaired) electrons. The van der Waals surface area contributed by atoms with Gasteiger partial charge < -0.3 is 0 Å². The SMILES string of the molecule is C1=C(c2ccc(-c3nc4ccccc4n3-c3ccccc3)cc2)CCC2=C1N=C1C=C(C2)c2ccccc2-c2ccccc21. The zero-order chi connectivity index (χ0) is 29.0. The highest BCUT2D eigenvalue weighted by molar-refractivity contribution is 6.19. The summed E-state index contributed by atoms with van der Waals surface area (Å²) in [5, 5.41) is 0. The molecule has 0 saturated heterocycles. The van der Waals surface area contributed by atoms with Crippen LogP contribution in [0.25, 0.3) is 50.4 Å². The molecule has 0 atom stereocenters. The minimum Gasteiger partial charge on any atom is -0.292 e. The Morgan fingerprint density at radius 2 is 1.18 bits per heavy atom. The van der Waals surface area contributed by atoms with E-state index >= 15 is 0 Å². The van der Waals surface area contributed by atoms with Crippen LogP contribution in [0.1, 0.15) is 36.0 Å². The Hall–Kier alpha value is -5.54. The van der Waals surface area contributed by atoms with Crippen LogP contribution < -0.4 is 0 Å². The van der Waals surface area contributed by atoms with Crippen LogP contribution in [0.5, 0.6) is 0 Å². The molecule has 0 unspecified atom stereocenters. The second kappa shape index (κ2) is 10.0. The summed E-state index contributed by atoms with van der Waals surface area (Å²) < 4.78 is 2.26. The molecule has 2 heterocycles. The maximum absolute atomic E-state index is 5.34. The fourth-order valence-corrected chi connectivity index (χ4v) is 7.02. The Morgan fingerprint density at radius 1 is 0.523 bits per heavy atom. The number of aliphatic imine (C=N–C) groups is 1. The molecular weight excluding hydrogens is 534 g/mol. The zero-order valence-electron chi connectivity index (χ0n) is 24.2. The van der Waals surface area contributed by atoms with E-state index in [1.54, 1.807) is 0 Å². The highest BCUT2D eigenvalue weighted by atomic mass is 15.1. The number of benzene rings is 5. The molecule has 1 aliphatic heterocycles. The maximum atomic E-state index is 5.34. The van der Waals surface area contributed by atoms with Crippen molar-refractivity contribution in [3.05, 3.63) is 168 Å². The smallest absolute Gasteiger partial charge is 0.145 e. The van der Waals surface area contributed by atoms with Crippen molar-refractivity contribution in [2.24, 2.45) is 4.99 Å². The van der Waals surface area contributed by atoms with Crippen LogP contribution in [0.3, 0.4) is 0 Å². The number of imidazole rings is 1. The molecule has 3 aliphatic rings. The van der Waals surface area contributed by atoms with Crippen LogP contribution >= 0.6 is 0 Å². The van der Waals surface area contributed by atoms with Gasteiger partial charge in [-0.3, -0.25) is 4.57 Å². The molecule has 1 aromatic heterocycles. The number of para-hydroxylation sites is 3. The summed E-state index contributed by atoms with van der Waals surface area (Å²) in [6.45, 7) is 0. The molecule has 5 aromatic carbocycles. The monoisotopic (exact) mass is 563 g/mol. The van der Waals surface area contributed by atoms with Crippen LogP contribution in [-0.4, -0.2) is 15.3 Å². The predicted octanol–water partition coefficient (Wildman–Crippen LogP) is 10.1.